The van der Waals surface area contributed by atoms with Gasteiger partial charge in [0.05, 0.1) is 0 Å². The summed E-state index contributed by atoms with van der Waals surface area (Å²) in [5.41, 5.74) is 1.67. The molecule has 1 aromatic heterocycles. The largest absolute Gasteiger partial charge is 0.368 e. The van der Waals surface area contributed by atoms with Gasteiger partial charge in [0, 0.05) is 37.6 Å². The van der Waals surface area contributed by atoms with Gasteiger partial charge in [0.15, 0.2) is 0 Å². The van der Waals surface area contributed by atoms with Crippen LogP contribution in [0.4, 0.5) is 5.69 Å². The van der Waals surface area contributed by atoms with Crippen molar-refractivity contribution >= 4 is 5.69 Å². The van der Waals surface area contributed by atoms with Gasteiger partial charge < -0.3 is 10.2 Å². The summed E-state index contributed by atoms with van der Waals surface area (Å²) in [5.74, 6) is 1.52. The number of fused-ring (bicyclic) bond motifs is 1. The summed E-state index contributed by atoms with van der Waals surface area (Å²) in [4.78, 5) is 6.52. The Bertz CT molecular complexity index is 479. The third-order valence-electron chi connectivity index (χ3n) is 4.33. The first-order valence-corrected chi connectivity index (χ1v) is 6.67. The molecule has 3 rings (SSSR count). The molecule has 94 valence electrons. The van der Waals surface area contributed by atoms with E-state index in [1.807, 2.05) is 12.1 Å². The van der Waals surface area contributed by atoms with E-state index in [-0.39, 0.29) is 0 Å². The SMILES string of the molecule is CCC1C2CNCC2CN1c1ccnc(C#N)c1. The van der Waals surface area contributed by atoms with Crippen LogP contribution in [0.2, 0.25) is 0 Å². The predicted molar refractivity (Wildman–Crippen MR) is 70.2 cm³/mol. The fraction of sp³-hybridized carbons (Fsp3) is 0.571. The topological polar surface area (TPSA) is 52.0 Å². The average molecular weight is 242 g/mol. The van der Waals surface area contributed by atoms with Gasteiger partial charge in [-0.25, -0.2) is 4.98 Å². The molecular formula is C14H18N4. The maximum Gasteiger partial charge on any atom is 0.142 e. The molecule has 0 spiro atoms. The van der Waals surface area contributed by atoms with Crippen molar-refractivity contribution < 1.29 is 0 Å². The van der Waals surface area contributed by atoms with E-state index in [1.165, 1.54) is 0 Å². The molecule has 0 saturated carbocycles. The number of rotatable bonds is 2. The Balaban J connectivity index is 1.89. The highest BCUT2D eigenvalue weighted by Crippen LogP contribution is 2.37. The first-order chi connectivity index (χ1) is 8.83. The van der Waals surface area contributed by atoms with Gasteiger partial charge in [-0.2, -0.15) is 5.26 Å². The van der Waals surface area contributed by atoms with Gasteiger partial charge in [-0.1, -0.05) is 6.92 Å². The van der Waals surface area contributed by atoms with Crippen LogP contribution in [0, 0.1) is 23.2 Å². The number of hydrogen-bond acceptors (Lipinski definition) is 4. The molecular weight excluding hydrogens is 224 g/mol. The molecule has 4 nitrogen and oxygen atoms in total. The average Bonchev–Trinajstić information content (AvgIpc) is 2.98. The van der Waals surface area contributed by atoms with Crippen LogP contribution in [-0.2, 0) is 0 Å². The lowest BCUT2D eigenvalue weighted by molar-refractivity contribution is 0.442. The summed E-state index contributed by atoms with van der Waals surface area (Å²) < 4.78 is 0. The van der Waals surface area contributed by atoms with Crippen molar-refractivity contribution in [2.45, 2.75) is 19.4 Å². The van der Waals surface area contributed by atoms with E-state index in [2.05, 4.69) is 28.2 Å². The minimum absolute atomic E-state index is 0.512. The third kappa shape index (κ3) is 1.75. The van der Waals surface area contributed by atoms with Crippen molar-refractivity contribution in [2.24, 2.45) is 11.8 Å². The lowest BCUT2D eigenvalue weighted by Gasteiger charge is -2.28. The second kappa shape index (κ2) is 4.58. The zero-order chi connectivity index (χ0) is 12.5. The van der Waals surface area contributed by atoms with Crippen LogP contribution >= 0.6 is 0 Å². The second-order valence-corrected chi connectivity index (χ2v) is 5.22. The van der Waals surface area contributed by atoms with Gasteiger partial charge in [-0.05, 0) is 30.4 Å². The molecule has 0 amide bonds. The van der Waals surface area contributed by atoms with E-state index in [4.69, 9.17) is 5.26 Å². The zero-order valence-electron chi connectivity index (χ0n) is 10.6. The molecule has 0 aliphatic carbocycles. The fourth-order valence-corrected chi connectivity index (χ4v) is 3.50. The molecule has 0 aromatic carbocycles. The van der Waals surface area contributed by atoms with Crippen LogP contribution in [0.25, 0.3) is 0 Å². The fourth-order valence-electron chi connectivity index (χ4n) is 3.50. The highest BCUT2D eigenvalue weighted by Gasteiger charge is 2.43. The quantitative estimate of drug-likeness (QED) is 0.851. The van der Waals surface area contributed by atoms with Crippen LogP contribution in [0.3, 0.4) is 0 Å². The highest BCUT2D eigenvalue weighted by molar-refractivity contribution is 5.51. The molecule has 0 radical (unpaired) electrons. The van der Waals surface area contributed by atoms with Crippen molar-refractivity contribution in [1.82, 2.24) is 10.3 Å². The third-order valence-corrected chi connectivity index (χ3v) is 4.33. The predicted octanol–water partition coefficient (Wildman–Crippen LogP) is 1.39. The minimum atomic E-state index is 0.512. The van der Waals surface area contributed by atoms with Gasteiger partial charge in [0.25, 0.3) is 0 Å². The molecule has 2 aliphatic rings. The maximum absolute atomic E-state index is 8.95. The van der Waals surface area contributed by atoms with Crippen LogP contribution < -0.4 is 10.2 Å². The number of aromatic nitrogens is 1. The summed E-state index contributed by atoms with van der Waals surface area (Å²) in [6, 6.07) is 6.66. The molecule has 3 unspecified atom stereocenters. The van der Waals surface area contributed by atoms with E-state index < -0.39 is 0 Å². The number of anilines is 1. The van der Waals surface area contributed by atoms with Crippen LogP contribution in [-0.4, -0.2) is 30.7 Å². The van der Waals surface area contributed by atoms with Crippen LogP contribution in [0.5, 0.6) is 0 Å². The zero-order valence-corrected chi connectivity index (χ0v) is 10.6. The molecule has 3 heterocycles. The molecule has 1 aromatic rings. The molecule has 1 N–H and O–H groups in total. The minimum Gasteiger partial charge on any atom is -0.368 e. The van der Waals surface area contributed by atoms with Gasteiger partial charge in [-0.15, -0.1) is 0 Å². The van der Waals surface area contributed by atoms with Crippen LogP contribution in [0.1, 0.15) is 19.0 Å². The molecule has 3 atom stereocenters. The molecule has 0 bridgehead atoms. The normalized spacial score (nSPS) is 30.2. The van der Waals surface area contributed by atoms with Crippen molar-refractivity contribution in [3.05, 3.63) is 24.0 Å². The summed E-state index contributed by atoms with van der Waals surface area (Å²) in [7, 11) is 0. The lowest BCUT2D eigenvalue weighted by atomic mass is 9.93. The smallest absolute Gasteiger partial charge is 0.142 e. The summed E-state index contributed by atoms with van der Waals surface area (Å²) in [6.45, 7) is 5.62. The van der Waals surface area contributed by atoms with Gasteiger partial charge >= 0.3 is 0 Å². The Hall–Kier alpha value is -1.60. The van der Waals surface area contributed by atoms with E-state index in [9.17, 15) is 0 Å². The number of hydrogen-bond donors (Lipinski definition) is 1. The van der Waals surface area contributed by atoms with E-state index >= 15 is 0 Å². The number of nitrogens with one attached hydrogen (secondary N) is 1. The molecule has 4 heteroatoms. The number of nitriles is 1. The van der Waals surface area contributed by atoms with Crippen molar-refractivity contribution in [3.63, 3.8) is 0 Å². The Labute approximate surface area is 108 Å². The van der Waals surface area contributed by atoms with E-state index in [1.54, 1.807) is 6.20 Å². The molecule has 2 saturated heterocycles. The Morgan fingerprint density at radius 3 is 3.22 bits per heavy atom. The molecule has 2 fully saturated rings. The summed E-state index contributed by atoms with van der Waals surface area (Å²) >= 11 is 0. The molecule has 2 aliphatic heterocycles. The standard InChI is InChI=1S/C14H18N4/c1-2-14-13-8-16-7-10(13)9-18(14)12-3-4-17-11(5-12)6-15/h3-5,10,13-14,16H,2,7-9H2,1H3. The van der Waals surface area contributed by atoms with Gasteiger partial charge in [0.2, 0.25) is 0 Å². The molecule has 18 heavy (non-hydrogen) atoms. The van der Waals surface area contributed by atoms with Crippen LogP contribution in [0.15, 0.2) is 18.3 Å². The van der Waals surface area contributed by atoms with Gasteiger partial charge in [0.1, 0.15) is 11.8 Å². The Morgan fingerprint density at radius 2 is 2.44 bits per heavy atom. The number of nitrogens with zero attached hydrogens (tertiary/aromatic N) is 3. The van der Waals surface area contributed by atoms with E-state index in [0.29, 0.717) is 11.7 Å². The lowest BCUT2D eigenvalue weighted by Crippen LogP contribution is -2.35. The monoisotopic (exact) mass is 242 g/mol. The highest BCUT2D eigenvalue weighted by atomic mass is 15.2. The van der Waals surface area contributed by atoms with Gasteiger partial charge in [-0.3, -0.25) is 0 Å². The van der Waals surface area contributed by atoms with E-state index in [0.717, 1.165) is 43.6 Å². The summed E-state index contributed by atoms with van der Waals surface area (Å²) in [5, 5.41) is 12.4. The van der Waals surface area contributed by atoms with Crippen molar-refractivity contribution in [1.29, 1.82) is 5.26 Å². The Morgan fingerprint density at radius 1 is 1.56 bits per heavy atom. The second-order valence-electron chi connectivity index (χ2n) is 5.22. The number of pyridine rings is 1. The maximum atomic E-state index is 8.95. The first-order valence-electron chi connectivity index (χ1n) is 6.67. The Kier molecular flexibility index (Phi) is 2.92. The van der Waals surface area contributed by atoms with Crippen molar-refractivity contribution in [3.8, 4) is 6.07 Å². The van der Waals surface area contributed by atoms with Crippen molar-refractivity contribution in [2.75, 3.05) is 24.5 Å². The summed E-state index contributed by atoms with van der Waals surface area (Å²) in [6.07, 6.45) is 2.90. The first kappa shape index (κ1) is 11.5.